The number of hydrogen-bond acceptors (Lipinski definition) is 3. The van der Waals surface area contributed by atoms with Gasteiger partial charge in [0, 0.05) is 7.05 Å². The maximum atomic E-state index is 10.8. The quantitative estimate of drug-likeness (QED) is 0.854. The summed E-state index contributed by atoms with van der Waals surface area (Å²) in [6.07, 6.45) is 0. The van der Waals surface area contributed by atoms with Crippen molar-refractivity contribution >= 4 is 16.9 Å². The number of aromatic carboxylic acids is 1. The number of aromatic nitrogens is 2. The highest BCUT2D eigenvalue weighted by Gasteiger charge is 2.11. The molecule has 1 aromatic heterocycles. The lowest BCUT2D eigenvalue weighted by atomic mass is 10.1. The highest BCUT2D eigenvalue weighted by Crippen LogP contribution is 2.25. The van der Waals surface area contributed by atoms with E-state index < -0.39 is 5.97 Å². The van der Waals surface area contributed by atoms with Crippen LogP contribution in [0.3, 0.4) is 0 Å². The van der Waals surface area contributed by atoms with Crippen molar-refractivity contribution in [3.05, 3.63) is 23.8 Å². The molecule has 2 rings (SSSR count). The molecular weight excluding hydrogens is 208 g/mol. The van der Waals surface area contributed by atoms with E-state index in [0.29, 0.717) is 12.5 Å². The first-order valence-electron chi connectivity index (χ1n) is 4.96. The van der Waals surface area contributed by atoms with Crippen molar-refractivity contribution in [2.45, 2.75) is 6.92 Å². The summed E-state index contributed by atoms with van der Waals surface area (Å²) in [5, 5.41) is 13.9. The Morgan fingerprint density at radius 1 is 1.56 bits per heavy atom. The molecule has 0 spiro atoms. The molecule has 5 nitrogen and oxygen atoms in total. The van der Waals surface area contributed by atoms with Crippen LogP contribution in [0.4, 0.5) is 0 Å². The predicted octanol–water partition coefficient (Wildman–Crippen LogP) is 1.67. The maximum absolute atomic E-state index is 10.8. The van der Waals surface area contributed by atoms with E-state index in [1.165, 1.54) is 0 Å². The molecule has 0 bridgehead atoms. The Balaban J connectivity index is 2.61. The monoisotopic (exact) mass is 220 g/mol. The van der Waals surface area contributed by atoms with E-state index in [4.69, 9.17) is 9.84 Å². The van der Waals surface area contributed by atoms with Gasteiger partial charge in [-0.15, -0.1) is 5.10 Å². The van der Waals surface area contributed by atoms with Gasteiger partial charge in [-0.05, 0) is 25.1 Å². The number of ether oxygens (including phenoxy) is 1. The number of fused-ring (bicyclic) bond motifs is 1. The van der Waals surface area contributed by atoms with Gasteiger partial charge in [-0.1, -0.05) is 0 Å². The molecular formula is C11H12N2O3. The van der Waals surface area contributed by atoms with Crippen LogP contribution in [0.1, 0.15) is 17.3 Å². The molecule has 1 N–H and O–H groups in total. The first-order valence-corrected chi connectivity index (χ1v) is 4.96. The average Bonchev–Trinajstić information content (AvgIpc) is 2.56. The van der Waals surface area contributed by atoms with Gasteiger partial charge < -0.3 is 9.84 Å². The van der Waals surface area contributed by atoms with E-state index >= 15 is 0 Å². The summed E-state index contributed by atoms with van der Waals surface area (Å²) in [7, 11) is 1.76. The molecule has 16 heavy (non-hydrogen) atoms. The molecule has 0 aliphatic rings. The van der Waals surface area contributed by atoms with Crippen LogP contribution >= 0.6 is 0 Å². The Morgan fingerprint density at radius 3 is 2.94 bits per heavy atom. The normalized spacial score (nSPS) is 10.6. The number of carbonyl (C=O) groups is 1. The summed E-state index contributed by atoms with van der Waals surface area (Å²) < 4.78 is 6.98. The van der Waals surface area contributed by atoms with E-state index in [1.54, 1.807) is 29.9 Å². The van der Waals surface area contributed by atoms with Crippen molar-refractivity contribution in [1.29, 1.82) is 0 Å². The molecule has 0 saturated carbocycles. The molecule has 0 radical (unpaired) electrons. The molecule has 0 aliphatic carbocycles. The molecule has 0 aliphatic heterocycles. The van der Waals surface area contributed by atoms with Crippen LogP contribution in [-0.4, -0.2) is 27.5 Å². The van der Waals surface area contributed by atoms with Crippen molar-refractivity contribution in [1.82, 2.24) is 9.78 Å². The highest BCUT2D eigenvalue weighted by molar-refractivity contribution is 5.94. The SMILES string of the molecule is CCOc1nn(C)c2cc(C(=O)O)ccc12. The largest absolute Gasteiger partial charge is 0.478 e. The fourth-order valence-corrected chi connectivity index (χ4v) is 1.60. The zero-order valence-corrected chi connectivity index (χ0v) is 9.10. The topological polar surface area (TPSA) is 64.4 Å². The molecule has 84 valence electrons. The average molecular weight is 220 g/mol. The lowest BCUT2D eigenvalue weighted by Crippen LogP contribution is -1.96. The van der Waals surface area contributed by atoms with Gasteiger partial charge in [0.2, 0.25) is 5.88 Å². The molecule has 1 heterocycles. The number of carboxylic acids is 1. The van der Waals surface area contributed by atoms with Gasteiger partial charge in [0.1, 0.15) is 0 Å². The summed E-state index contributed by atoms with van der Waals surface area (Å²) >= 11 is 0. The minimum atomic E-state index is -0.943. The van der Waals surface area contributed by atoms with Gasteiger partial charge in [0.05, 0.1) is 23.1 Å². The summed E-state index contributed by atoms with van der Waals surface area (Å²) in [4.78, 5) is 10.8. The minimum absolute atomic E-state index is 0.249. The van der Waals surface area contributed by atoms with Crippen molar-refractivity contribution in [2.75, 3.05) is 6.61 Å². The van der Waals surface area contributed by atoms with Crippen molar-refractivity contribution in [2.24, 2.45) is 7.05 Å². The van der Waals surface area contributed by atoms with E-state index in [2.05, 4.69) is 5.10 Å². The van der Waals surface area contributed by atoms with Gasteiger partial charge in [-0.3, -0.25) is 4.68 Å². The molecule has 1 aromatic carbocycles. The van der Waals surface area contributed by atoms with E-state index in [0.717, 1.165) is 10.9 Å². The number of aryl methyl sites for hydroxylation is 1. The van der Waals surface area contributed by atoms with Gasteiger partial charge >= 0.3 is 5.97 Å². The zero-order valence-electron chi connectivity index (χ0n) is 9.10. The Kier molecular flexibility index (Phi) is 2.52. The molecule has 0 amide bonds. The van der Waals surface area contributed by atoms with Crippen LogP contribution in [-0.2, 0) is 7.05 Å². The van der Waals surface area contributed by atoms with Crippen molar-refractivity contribution in [3.8, 4) is 5.88 Å². The molecule has 0 atom stereocenters. The summed E-state index contributed by atoms with van der Waals surface area (Å²) in [6, 6.07) is 4.86. The molecule has 0 saturated heterocycles. The summed E-state index contributed by atoms with van der Waals surface area (Å²) in [5.74, 6) is -0.405. The Morgan fingerprint density at radius 2 is 2.31 bits per heavy atom. The third-order valence-corrected chi connectivity index (χ3v) is 2.35. The highest BCUT2D eigenvalue weighted by atomic mass is 16.5. The molecule has 5 heteroatoms. The maximum Gasteiger partial charge on any atom is 0.335 e. The van der Waals surface area contributed by atoms with Crippen molar-refractivity contribution < 1.29 is 14.6 Å². The zero-order chi connectivity index (χ0) is 11.7. The fraction of sp³-hybridized carbons (Fsp3) is 0.273. The standard InChI is InChI=1S/C11H12N2O3/c1-3-16-10-8-5-4-7(11(14)15)6-9(8)13(2)12-10/h4-6H,3H2,1-2H3,(H,14,15). The third kappa shape index (κ3) is 1.60. The second-order valence-electron chi connectivity index (χ2n) is 3.40. The van der Waals surface area contributed by atoms with Gasteiger partial charge in [0.15, 0.2) is 0 Å². The first-order chi connectivity index (χ1) is 7.63. The number of nitrogens with zero attached hydrogens (tertiary/aromatic N) is 2. The Labute approximate surface area is 92.2 Å². The molecule has 2 aromatic rings. The van der Waals surface area contributed by atoms with Crippen LogP contribution in [0.15, 0.2) is 18.2 Å². The smallest absolute Gasteiger partial charge is 0.335 e. The number of benzene rings is 1. The Bertz CT molecular complexity index is 545. The van der Waals surface area contributed by atoms with E-state index in [-0.39, 0.29) is 5.56 Å². The van der Waals surface area contributed by atoms with Crippen LogP contribution in [0.25, 0.3) is 10.9 Å². The second-order valence-corrected chi connectivity index (χ2v) is 3.40. The summed E-state index contributed by atoms with van der Waals surface area (Å²) in [6.45, 7) is 2.42. The van der Waals surface area contributed by atoms with Crippen LogP contribution in [0, 0.1) is 0 Å². The van der Waals surface area contributed by atoms with Gasteiger partial charge in [-0.2, -0.15) is 0 Å². The lowest BCUT2D eigenvalue weighted by Gasteiger charge is -1.98. The first kappa shape index (κ1) is 10.5. The van der Waals surface area contributed by atoms with Gasteiger partial charge in [0.25, 0.3) is 0 Å². The van der Waals surface area contributed by atoms with Crippen LogP contribution in [0.5, 0.6) is 5.88 Å². The third-order valence-electron chi connectivity index (χ3n) is 2.35. The van der Waals surface area contributed by atoms with Gasteiger partial charge in [-0.25, -0.2) is 4.79 Å². The van der Waals surface area contributed by atoms with E-state index in [9.17, 15) is 4.79 Å². The van der Waals surface area contributed by atoms with E-state index in [1.807, 2.05) is 6.92 Å². The lowest BCUT2D eigenvalue weighted by molar-refractivity contribution is 0.0697. The number of carboxylic acid groups (broad SMARTS) is 1. The number of hydrogen-bond donors (Lipinski definition) is 1. The molecule has 0 fully saturated rings. The van der Waals surface area contributed by atoms with Crippen LogP contribution in [0.2, 0.25) is 0 Å². The summed E-state index contributed by atoms with van der Waals surface area (Å²) in [5.41, 5.74) is 1.00. The molecule has 0 unspecified atom stereocenters. The second kappa shape index (κ2) is 3.84. The van der Waals surface area contributed by atoms with Crippen molar-refractivity contribution in [3.63, 3.8) is 0 Å². The minimum Gasteiger partial charge on any atom is -0.478 e. The number of rotatable bonds is 3. The Hall–Kier alpha value is -2.04. The van der Waals surface area contributed by atoms with Crippen LogP contribution < -0.4 is 4.74 Å². The predicted molar refractivity (Wildman–Crippen MR) is 58.8 cm³/mol. The fourth-order valence-electron chi connectivity index (χ4n) is 1.60.